The Hall–Kier alpha value is -0.690. The maximum absolute atomic E-state index is 12.5. The van der Waals surface area contributed by atoms with Gasteiger partial charge in [0.1, 0.15) is 4.90 Å². The lowest BCUT2D eigenvalue weighted by atomic mass is 10.4. The molecule has 1 aromatic rings. The molecule has 1 aromatic heterocycles. The number of halogens is 1. The molecule has 0 aromatic carbocycles. The Morgan fingerprint density at radius 2 is 2.33 bits per heavy atom. The Kier molecular flexibility index (Phi) is 4.21. The van der Waals surface area contributed by atoms with Gasteiger partial charge in [-0.3, -0.25) is 4.98 Å². The van der Waals surface area contributed by atoms with Crippen molar-refractivity contribution in [3.63, 3.8) is 0 Å². The molecule has 18 heavy (non-hydrogen) atoms. The summed E-state index contributed by atoms with van der Waals surface area (Å²) in [4.78, 5) is 3.88. The summed E-state index contributed by atoms with van der Waals surface area (Å²) in [5.41, 5.74) is 0. The molecule has 1 saturated heterocycles. The molecule has 1 atom stereocenters. The van der Waals surface area contributed by atoms with Crippen LogP contribution in [0.2, 0.25) is 5.02 Å². The number of nitrogens with zero attached hydrogens (tertiary/aromatic N) is 2. The van der Waals surface area contributed by atoms with E-state index in [1.54, 1.807) is 0 Å². The van der Waals surface area contributed by atoms with Crippen LogP contribution in [0.1, 0.15) is 13.3 Å². The van der Waals surface area contributed by atoms with Crippen molar-refractivity contribution in [3.05, 3.63) is 23.5 Å². The molecule has 100 valence electrons. The first-order chi connectivity index (χ1) is 8.51. The molecule has 1 aliphatic heterocycles. The molecule has 0 radical (unpaired) electrons. The second-order valence-corrected chi connectivity index (χ2v) is 6.52. The largest absolute Gasteiger partial charge is 0.377 e. The molecule has 1 aliphatic rings. The minimum Gasteiger partial charge on any atom is -0.377 e. The van der Waals surface area contributed by atoms with Crippen molar-refractivity contribution in [3.8, 4) is 0 Å². The van der Waals surface area contributed by atoms with Gasteiger partial charge in [-0.25, -0.2) is 8.42 Å². The van der Waals surface area contributed by atoms with Crippen LogP contribution in [-0.2, 0) is 14.8 Å². The van der Waals surface area contributed by atoms with Crippen LogP contribution in [0.25, 0.3) is 0 Å². The first kappa shape index (κ1) is 13.7. The molecule has 0 spiro atoms. The van der Waals surface area contributed by atoms with Gasteiger partial charge in [0.2, 0.25) is 10.0 Å². The third-order valence-corrected chi connectivity index (χ3v) is 5.10. The summed E-state index contributed by atoms with van der Waals surface area (Å²) >= 11 is 5.93. The van der Waals surface area contributed by atoms with E-state index >= 15 is 0 Å². The van der Waals surface area contributed by atoms with Crippen LogP contribution in [0, 0.1) is 0 Å². The van der Waals surface area contributed by atoms with Crippen LogP contribution in [-0.4, -0.2) is 43.5 Å². The van der Waals surface area contributed by atoms with Crippen molar-refractivity contribution >= 4 is 21.6 Å². The summed E-state index contributed by atoms with van der Waals surface area (Å²) in [6.45, 7) is 3.22. The van der Waals surface area contributed by atoms with Gasteiger partial charge >= 0.3 is 0 Å². The normalized spacial score (nSPS) is 22.7. The summed E-state index contributed by atoms with van der Waals surface area (Å²) < 4.78 is 31.8. The van der Waals surface area contributed by atoms with Crippen molar-refractivity contribution < 1.29 is 13.2 Å². The SMILES string of the molecule is CC1CN(S(=O)(=O)c2cnccc2Cl)CCCO1. The number of ether oxygens (including phenoxy) is 1. The van der Waals surface area contributed by atoms with Gasteiger partial charge in [-0.05, 0) is 19.4 Å². The quantitative estimate of drug-likeness (QED) is 0.829. The minimum absolute atomic E-state index is 0.0563. The van der Waals surface area contributed by atoms with E-state index in [0.29, 0.717) is 26.1 Å². The van der Waals surface area contributed by atoms with E-state index in [1.165, 1.54) is 22.8 Å². The van der Waals surface area contributed by atoms with Gasteiger partial charge in [0.25, 0.3) is 0 Å². The van der Waals surface area contributed by atoms with Crippen molar-refractivity contribution in [2.45, 2.75) is 24.3 Å². The van der Waals surface area contributed by atoms with E-state index < -0.39 is 10.0 Å². The maximum atomic E-state index is 12.5. The molecule has 0 N–H and O–H groups in total. The predicted molar refractivity (Wildman–Crippen MR) is 68.0 cm³/mol. The van der Waals surface area contributed by atoms with Crippen molar-refractivity contribution in [1.29, 1.82) is 0 Å². The number of hydrogen-bond acceptors (Lipinski definition) is 4. The number of rotatable bonds is 2. The molecule has 0 aliphatic carbocycles. The molecule has 0 saturated carbocycles. The number of hydrogen-bond donors (Lipinski definition) is 0. The predicted octanol–water partition coefficient (Wildman–Crippen LogP) is 1.53. The molecule has 1 fully saturated rings. The first-order valence-electron chi connectivity index (χ1n) is 5.73. The molecular formula is C11H15ClN2O3S. The Morgan fingerprint density at radius 3 is 3.06 bits per heavy atom. The Bertz CT molecular complexity index is 521. The van der Waals surface area contributed by atoms with Crippen molar-refractivity contribution in [2.75, 3.05) is 19.7 Å². The van der Waals surface area contributed by atoms with E-state index in [-0.39, 0.29) is 16.0 Å². The highest BCUT2D eigenvalue weighted by molar-refractivity contribution is 7.89. The second kappa shape index (κ2) is 5.52. The summed E-state index contributed by atoms with van der Waals surface area (Å²) in [6, 6.07) is 1.48. The molecule has 2 heterocycles. The number of aromatic nitrogens is 1. The van der Waals surface area contributed by atoms with Crippen LogP contribution in [0.5, 0.6) is 0 Å². The van der Waals surface area contributed by atoms with Crippen LogP contribution >= 0.6 is 11.6 Å². The summed E-state index contributed by atoms with van der Waals surface area (Å²) in [5, 5.41) is 0.197. The zero-order chi connectivity index (χ0) is 13.2. The smallest absolute Gasteiger partial charge is 0.246 e. The summed E-state index contributed by atoms with van der Waals surface area (Å²) in [6.07, 6.45) is 3.32. The van der Waals surface area contributed by atoms with E-state index in [0.717, 1.165) is 0 Å². The van der Waals surface area contributed by atoms with Gasteiger partial charge in [0.15, 0.2) is 0 Å². The number of sulfonamides is 1. The van der Waals surface area contributed by atoms with Gasteiger partial charge in [0.05, 0.1) is 11.1 Å². The van der Waals surface area contributed by atoms with Crippen LogP contribution in [0.4, 0.5) is 0 Å². The molecule has 2 rings (SSSR count). The number of pyridine rings is 1. The molecule has 5 nitrogen and oxygen atoms in total. The van der Waals surface area contributed by atoms with Crippen LogP contribution in [0.3, 0.4) is 0 Å². The zero-order valence-electron chi connectivity index (χ0n) is 10.0. The van der Waals surface area contributed by atoms with Crippen molar-refractivity contribution in [1.82, 2.24) is 9.29 Å². The van der Waals surface area contributed by atoms with Gasteiger partial charge in [-0.2, -0.15) is 4.31 Å². The Balaban J connectivity index is 2.33. The van der Waals surface area contributed by atoms with E-state index in [9.17, 15) is 8.42 Å². The lowest BCUT2D eigenvalue weighted by Crippen LogP contribution is -2.36. The third-order valence-electron chi connectivity index (χ3n) is 2.77. The highest BCUT2D eigenvalue weighted by atomic mass is 35.5. The Labute approximate surface area is 112 Å². The molecule has 1 unspecified atom stereocenters. The lowest BCUT2D eigenvalue weighted by Gasteiger charge is -2.21. The Morgan fingerprint density at radius 1 is 1.56 bits per heavy atom. The van der Waals surface area contributed by atoms with E-state index in [2.05, 4.69) is 4.98 Å². The average molecular weight is 291 g/mol. The van der Waals surface area contributed by atoms with Crippen LogP contribution in [0.15, 0.2) is 23.4 Å². The summed E-state index contributed by atoms with van der Waals surface area (Å²) in [5.74, 6) is 0. The van der Waals surface area contributed by atoms with E-state index in [1.807, 2.05) is 6.92 Å². The third kappa shape index (κ3) is 2.83. The highest BCUT2D eigenvalue weighted by Gasteiger charge is 2.29. The topological polar surface area (TPSA) is 59.5 Å². The minimum atomic E-state index is -3.59. The van der Waals surface area contributed by atoms with Gasteiger partial charge in [0, 0.05) is 32.1 Å². The standard InChI is InChI=1S/C11H15ClN2O3S/c1-9-8-14(5-2-6-17-9)18(15,16)11-7-13-4-3-10(11)12/h3-4,7,9H,2,5-6,8H2,1H3. The molecular weight excluding hydrogens is 276 g/mol. The summed E-state index contributed by atoms with van der Waals surface area (Å²) in [7, 11) is -3.59. The average Bonchev–Trinajstić information content (AvgIpc) is 2.54. The monoisotopic (exact) mass is 290 g/mol. The van der Waals surface area contributed by atoms with Crippen LogP contribution < -0.4 is 0 Å². The second-order valence-electron chi connectivity index (χ2n) is 4.20. The van der Waals surface area contributed by atoms with E-state index in [4.69, 9.17) is 16.3 Å². The fourth-order valence-corrected chi connectivity index (χ4v) is 3.83. The fraction of sp³-hybridized carbons (Fsp3) is 0.545. The highest BCUT2D eigenvalue weighted by Crippen LogP contribution is 2.24. The molecule has 0 amide bonds. The first-order valence-corrected chi connectivity index (χ1v) is 7.55. The molecule has 7 heteroatoms. The van der Waals surface area contributed by atoms with Crippen molar-refractivity contribution in [2.24, 2.45) is 0 Å². The molecule has 0 bridgehead atoms. The zero-order valence-corrected chi connectivity index (χ0v) is 11.6. The maximum Gasteiger partial charge on any atom is 0.246 e. The lowest BCUT2D eigenvalue weighted by molar-refractivity contribution is 0.0752. The fourth-order valence-electron chi connectivity index (χ4n) is 1.87. The van der Waals surface area contributed by atoms with Gasteiger partial charge in [-0.1, -0.05) is 11.6 Å². The van der Waals surface area contributed by atoms with Gasteiger partial charge < -0.3 is 4.74 Å². The van der Waals surface area contributed by atoms with Gasteiger partial charge in [-0.15, -0.1) is 0 Å².